The maximum Gasteiger partial charge on any atom is 0.278 e. The van der Waals surface area contributed by atoms with E-state index in [-0.39, 0.29) is 11.4 Å². The summed E-state index contributed by atoms with van der Waals surface area (Å²) in [4.78, 5) is 28.7. The van der Waals surface area contributed by atoms with Crippen molar-refractivity contribution in [2.24, 2.45) is 0 Å². The highest BCUT2D eigenvalue weighted by molar-refractivity contribution is 7.16. The summed E-state index contributed by atoms with van der Waals surface area (Å²) < 4.78 is 10.6. The number of nitrogens with one attached hydrogen (secondary N) is 2. The Balaban J connectivity index is 1.63. The third kappa shape index (κ3) is 3.78. The summed E-state index contributed by atoms with van der Waals surface area (Å²) >= 11 is 1.31. The van der Waals surface area contributed by atoms with Crippen molar-refractivity contribution in [1.29, 1.82) is 0 Å². The Morgan fingerprint density at radius 2 is 1.94 bits per heavy atom. The van der Waals surface area contributed by atoms with Gasteiger partial charge in [0.2, 0.25) is 0 Å². The number of thiazole rings is 1. The van der Waals surface area contributed by atoms with E-state index in [0.29, 0.717) is 33.2 Å². The van der Waals surface area contributed by atoms with E-state index in [1.165, 1.54) is 29.5 Å². The number of aromatic nitrogens is 3. The lowest BCUT2D eigenvalue weighted by Gasteiger charge is -2.08. The molecular weight excluding hydrogens is 422 g/mol. The van der Waals surface area contributed by atoms with E-state index < -0.39 is 10.8 Å². The summed E-state index contributed by atoms with van der Waals surface area (Å²) in [6, 6.07) is 9.63. The first kappa shape index (κ1) is 20.3. The van der Waals surface area contributed by atoms with E-state index in [2.05, 4.69) is 20.5 Å². The third-order valence-electron chi connectivity index (χ3n) is 4.65. The summed E-state index contributed by atoms with van der Waals surface area (Å²) in [7, 11) is 3.12. The van der Waals surface area contributed by atoms with Gasteiger partial charge in [-0.1, -0.05) is 0 Å². The number of methoxy groups -OCH3 is 2. The monoisotopic (exact) mass is 439 g/mol. The van der Waals surface area contributed by atoms with E-state index in [9.17, 15) is 14.9 Å². The Morgan fingerprint density at radius 3 is 2.65 bits per heavy atom. The molecule has 0 spiro atoms. The Hall–Kier alpha value is -3.99. The van der Waals surface area contributed by atoms with Gasteiger partial charge in [0.1, 0.15) is 0 Å². The molecule has 0 aliphatic carbocycles. The molecule has 4 aromatic rings. The van der Waals surface area contributed by atoms with Crippen LogP contribution in [-0.2, 0) is 0 Å². The largest absolute Gasteiger partial charge is 0.493 e. The zero-order valence-electron chi connectivity index (χ0n) is 16.8. The van der Waals surface area contributed by atoms with Gasteiger partial charge in [-0.3, -0.25) is 25.3 Å². The number of carbonyl (C=O) groups is 1. The van der Waals surface area contributed by atoms with Gasteiger partial charge in [0, 0.05) is 28.0 Å². The van der Waals surface area contributed by atoms with Gasteiger partial charge in [-0.05, 0) is 31.2 Å². The van der Waals surface area contributed by atoms with Gasteiger partial charge in [-0.25, -0.2) is 4.98 Å². The third-order valence-corrected chi connectivity index (χ3v) is 5.53. The summed E-state index contributed by atoms with van der Waals surface area (Å²) in [5, 5.41) is 21.2. The molecule has 0 atom stereocenters. The molecule has 2 N–H and O–H groups in total. The lowest BCUT2D eigenvalue weighted by Crippen LogP contribution is -2.12. The second-order valence-electron chi connectivity index (χ2n) is 6.51. The molecule has 0 fully saturated rings. The van der Waals surface area contributed by atoms with E-state index in [1.54, 1.807) is 20.3 Å². The van der Waals surface area contributed by atoms with E-state index in [4.69, 9.17) is 9.47 Å². The van der Waals surface area contributed by atoms with Crippen LogP contribution in [0, 0.1) is 17.0 Å². The Bertz CT molecular complexity index is 1310. The lowest BCUT2D eigenvalue weighted by atomic mass is 10.1. The van der Waals surface area contributed by atoms with Crippen molar-refractivity contribution in [3.63, 3.8) is 0 Å². The molecule has 0 radical (unpaired) electrons. The van der Waals surface area contributed by atoms with E-state index >= 15 is 0 Å². The second kappa shape index (κ2) is 8.03. The number of amides is 1. The van der Waals surface area contributed by atoms with Gasteiger partial charge in [-0.2, -0.15) is 5.10 Å². The number of ether oxygens (including phenoxy) is 2. The lowest BCUT2D eigenvalue weighted by molar-refractivity contribution is -0.384. The SMILES string of the molecule is COc1ccc(-c2nc(NC(=O)c3n[nH]c4ccc([N+](=O)[O-])cc34)sc2C)cc1OC. The highest BCUT2D eigenvalue weighted by atomic mass is 32.1. The highest BCUT2D eigenvalue weighted by Gasteiger charge is 2.20. The summed E-state index contributed by atoms with van der Waals surface area (Å²) in [5.74, 6) is 0.661. The summed E-state index contributed by atoms with van der Waals surface area (Å²) in [5.41, 5.74) is 1.97. The predicted octanol–water partition coefficient (Wildman–Crippen LogP) is 4.17. The number of hydrogen-bond acceptors (Lipinski definition) is 8. The van der Waals surface area contributed by atoms with Crippen LogP contribution in [0.3, 0.4) is 0 Å². The minimum Gasteiger partial charge on any atom is -0.493 e. The average molecular weight is 439 g/mol. The fourth-order valence-electron chi connectivity index (χ4n) is 3.15. The molecule has 2 aromatic carbocycles. The van der Waals surface area contributed by atoms with Crippen LogP contribution >= 0.6 is 11.3 Å². The Labute approximate surface area is 180 Å². The minimum atomic E-state index is -0.520. The fourth-order valence-corrected chi connectivity index (χ4v) is 3.98. The molecule has 0 unspecified atom stereocenters. The number of aromatic amines is 1. The van der Waals surface area contributed by atoms with Crippen LogP contribution < -0.4 is 14.8 Å². The van der Waals surface area contributed by atoms with E-state index in [0.717, 1.165) is 10.4 Å². The Kier molecular flexibility index (Phi) is 5.26. The smallest absolute Gasteiger partial charge is 0.278 e. The van der Waals surface area contributed by atoms with Gasteiger partial charge >= 0.3 is 0 Å². The predicted molar refractivity (Wildman–Crippen MR) is 116 cm³/mol. The Morgan fingerprint density at radius 1 is 1.16 bits per heavy atom. The first-order valence-electron chi connectivity index (χ1n) is 9.05. The second-order valence-corrected chi connectivity index (χ2v) is 7.71. The number of anilines is 1. The number of rotatable bonds is 6. The van der Waals surface area contributed by atoms with Gasteiger partial charge in [0.05, 0.1) is 30.4 Å². The maximum atomic E-state index is 12.8. The van der Waals surface area contributed by atoms with Gasteiger partial charge in [-0.15, -0.1) is 11.3 Å². The highest BCUT2D eigenvalue weighted by Crippen LogP contribution is 2.36. The quantitative estimate of drug-likeness (QED) is 0.340. The van der Waals surface area contributed by atoms with Crippen molar-refractivity contribution >= 4 is 39.0 Å². The van der Waals surface area contributed by atoms with Crippen LogP contribution in [0.2, 0.25) is 0 Å². The van der Waals surface area contributed by atoms with Crippen LogP contribution in [0.5, 0.6) is 11.5 Å². The number of nitrogens with zero attached hydrogens (tertiary/aromatic N) is 3. The fraction of sp³-hybridized carbons (Fsp3) is 0.150. The number of aryl methyl sites for hydroxylation is 1. The minimum absolute atomic E-state index is 0.0548. The number of fused-ring (bicyclic) bond motifs is 1. The van der Waals surface area contributed by atoms with E-state index in [1.807, 2.05) is 19.1 Å². The molecule has 2 aromatic heterocycles. The molecule has 0 saturated carbocycles. The number of nitro groups is 1. The van der Waals surface area contributed by atoms with Crippen LogP contribution in [0.25, 0.3) is 22.2 Å². The molecule has 31 heavy (non-hydrogen) atoms. The molecule has 158 valence electrons. The molecular formula is C20H17N5O5S. The van der Waals surface area contributed by atoms with Crippen LogP contribution in [0.4, 0.5) is 10.8 Å². The maximum absolute atomic E-state index is 12.8. The van der Waals surface area contributed by atoms with Crippen LogP contribution in [0.1, 0.15) is 15.4 Å². The molecule has 11 heteroatoms. The van der Waals surface area contributed by atoms with Crippen LogP contribution in [0.15, 0.2) is 36.4 Å². The normalized spacial score (nSPS) is 10.8. The van der Waals surface area contributed by atoms with Crippen molar-refractivity contribution in [2.45, 2.75) is 6.92 Å². The zero-order valence-corrected chi connectivity index (χ0v) is 17.6. The number of non-ortho nitro benzene ring substituents is 1. The number of H-pyrrole nitrogens is 1. The topological polar surface area (TPSA) is 132 Å². The van der Waals surface area contributed by atoms with Crippen molar-refractivity contribution in [1.82, 2.24) is 15.2 Å². The molecule has 1 amide bonds. The summed E-state index contributed by atoms with van der Waals surface area (Å²) in [6.45, 7) is 1.90. The number of benzene rings is 2. The molecule has 10 nitrogen and oxygen atoms in total. The van der Waals surface area contributed by atoms with Gasteiger partial charge in [0.15, 0.2) is 22.3 Å². The first-order valence-corrected chi connectivity index (χ1v) is 9.86. The van der Waals surface area contributed by atoms with Crippen LogP contribution in [-0.4, -0.2) is 40.2 Å². The molecule has 0 saturated heterocycles. The average Bonchev–Trinajstić information content (AvgIpc) is 3.35. The molecule has 2 heterocycles. The van der Waals surface area contributed by atoms with Gasteiger partial charge in [0.25, 0.3) is 11.6 Å². The van der Waals surface area contributed by atoms with Crippen molar-refractivity contribution < 1.29 is 19.2 Å². The van der Waals surface area contributed by atoms with Crippen molar-refractivity contribution in [3.8, 4) is 22.8 Å². The number of hydrogen-bond donors (Lipinski definition) is 2. The number of carbonyl (C=O) groups excluding carboxylic acids is 1. The molecule has 4 rings (SSSR count). The molecule has 0 aliphatic heterocycles. The standard InChI is InChI=1S/C20H17N5O5S/c1-10-17(11-4-7-15(29-2)16(8-11)30-3)21-20(31-10)22-19(26)18-13-9-12(25(27)28)5-6-14(13)23-24-18/h4-9H,1-3H3,(H,23,24)(H,21,22,26). The zero-order chi connectivity index (χ0) is 22.1. The first-order chi connectivity index (χ1) is 14.9. The van der Waals surface area contributed by atoms with Crippen molar-refractivity contribution in [3.05, 3.63) is 57.1 Å². The molecule has 0 aliphatic rings. The van der Waals surface area contributed by atoms with Gasteiger partial charge < -0.3 is 9.47 Å². The van der Waals surface area contributed by atoms with Crippen molar-refractivity contribution in [2.75, 3.05) is 19.5 Å². The number of nitro benzene ring substituents is 1. The molecule has 0 bridgehead atoms. The summed E-state index contributed by atoms with van der Waals surface area (Å²) in [6.07, 6.45) is 0.